The minimum absolute atomic E-state index is 0.143. The highest BCUT2D eigenvalue weighted by Crippen LogP contribution is 2.28. The predicted octanol–water partition coefficient (Wildman–Crippen LogP) is 2.48. The third kappa shape index (κ3) is 3.93. The minimum Gasteiger partial charge on any atom is -0.315 e. The molecule has 1 aromatic carbocycles. The number of para-hydroxylation sites is 1. The van der Waals surface area contributed by atoms with Crippen LogP contribution < -0.4 is 5.56 Å². The summed E-state index contributed by atoms with van der Waals surface area (Å²) in [6, 6.07) is 11.0. The number of halogens is 3. The molecule has 0 bridgehead atoms. The van der Waals surface area contributed by atoms with Gasteiger partial charge in [-0.1, -0.05) is 18.2 Å². The van der Waals surface area contributed by atoms with Gasteiger partial charge >= 0.3 is 6.18 Å². The van der Waals surface area contributed by atoms with Gasteiger partial charge in [0, 0.05) is 25.2 Å². The second-order valence-electron chi connectivity index (χ2n) is 5.39. The predicted molar refractivity (Wildman–Crippen MR) is 83.2 cm³/mol. The number of benzene rings is 1. The normalized spacial score (nSPS) is 11.6. The van der Waals surface area contributed by atoms with Crippen LogP contribution in [-0.4, -0.2) is 24.8 Å². The van der Waals surface area contributed by atoms with Crippen molar-refractivity contribution in [2.24, 2.45) is 0 Å². The van der Waals surface area contributed by atoms with Gasteiger partial charge in [-0.2, -0.15) is 17.9 Å². The van der Waals surface area contributed by atoms with Crippen LogP contribution in [0.4, 0.5) is 13.2 Å². The van der Waals surface area contributed by atoms with Gasteiger partial charge in [0.2, 0.25) is 0 Å². The first-order valence-corrected chi connectivity index (χ1v) is 7.55. The Morgan fingerprint density at radius 3 is 2.52 bits per heavy atom. The molecule has 0 aliphatic rings. The van der Waals surface area contributed by atoms with Crippen LogP contribution in [0.3, 0.4) is 0 Å². The van der Waals surface area contributed by atoms with Gasteiger partial charge in [-0.15, -0.1) is 5.10 Å². The smallest absolute Gasteiger partial charge is 0.315 e. The Balaban J connectivity index is 1.71. The van der Waals surface area contributed by atoms with Crippen LogP contribution in [0.15, 0.2) is 53.5 Å². The molecule has 2 aromatic heterocycles. The number of alkyl halides is 3. The van der Waals surface area contributed by atoms with Crippen molar-refractivity contribution < 1.29 is 13.2 Å². The number of tetrazole rings is 1. The van der Waals surface area contributed by atoms with Crippen LogP contribution >= 0.6 is 0 Å². The Morgan fingerprint density at radius 2 is 1.80 bits per heavy atom. The van der Waals surface area contributed by atoms with Gasteiger partial charge in [0.05, 0.1) is 11.3 Å². The molecule has 3 rings (SSSR count). The monoisotopic (exact) mass is 349 g/mol. The van der Waals surface area contributed by atoms with Crippen molar-refractivity contribution in [3.05, 3.63) is 70.4 Å². The Bertz CT molecular complexity index is 902. The molecular weight excluding hydrogens is 335 g/mol. The van der Waals surface area contributed by atoms with Gasteiger partial charge in [-0.25, -0.2) is 0 Å². The molecule has 6 nitrogen and oxygen atoms in total. The highest BCUT2D eigenvalue weighted by atomic mass is 19.4. The molecule has 3 aromatic rings. The molecule has 0 saturated carbocycles. The van der Waals surface area contributed by atoms with Crippen molar-refractivity contribution in [3.63, 3.8) is 0 Å². The van der Waals surface area contributed by atoms with E-state index in [0.717, 1.165) is 28.6 Å². The number of nitrogens with zero attached hydrogens (tertiary/aromatic N) is 5. The number of rotatable bonds is 5. The molecule has 0 aliphatic heterocycles. The first-order valence-electron chi connectivity index (χ1n) is 7.55. The molecule has 0 N–H and O–H groups in total. The molecule has 0 aliphatic carbocycles. The average molecular weight is 349 g/mol. The van der Waals surface area contributed by atoms with E-state index in [9.17, 15) is 18.0 Å². The van der Waals surface area contributed by atoms with Crippen LogP contribution in [0.2, 0.25) is 0 Å². The highest BCUT2D eigenvalue weighted by Gasteiger charge is 2.30. The van der Waals surface area contributed by atoms with Crippen LogP contribution in [0, 0.1) is 0 Å². The van der Waals surface area contributed by atoms with Gasteiger partial charge in [-0.3, -0.25) is 4.79 Å². The van der Waals surface area contributed by atoms with Gasteiger partial charge < -0.3 is 4.57 Å². The van der Waals surface area contributed by atoms with Crippen LogP contribution in [0.25, 0.3) is 5.69 Å². The highest BCUT2D eigenvalue weighted by molar-refractivity contribution is 5.30. The summed E-state index contributed by atoms with van der Waals surface area (Å²) in [5.41, 5.74) is -0.532. The van der Waals surface area contributed by atoms with E-state index in [4.69, 9.17) is 0 Å². The van der Waals surface area contributed by atoms with E-state index in [-0.39, 0.29) is 6.54 Å². The molecule has 0 atom stereocenters. The molecule has 0 radical (unpaired) electrons. The number of pyridine rings is 1. The van der Waals surface area contributed by atoms with E-state index < -0.39 is 17.3 Å². The van der Waals surface area contributed by atoms with E-state index >= 15 is 0 Å². The number of aromatic nitrogens is 5. The van der Waals surface area contributed by atoms with E-state index in [1.807, 2.05) is 30.3 Å². The summed E-state index contributed by atoms with van der Waals surface area (Å²) in [4.78, 5) is 11.7. The first-order chi connectivity index (χ1) is 11.9. The topological polar surface area (TPSA) is 65.6 Å². The molecule has 25 heavy (non-hydrogen) atoms. The van der Waals surface area contributed by atoms with E-state index in [1.165, 1.54) is 0 Å². The lowest BCUT2D eigenvalue weighted by atomic mass is 10.2. The summed E-state index contributed by atoms with van der Waals surface area (Å²) in [5.74, 6) is 0.575. The average Bonchev–Trinajstić information content (AvgIpc) is 3.05. The van der Waals surface area contributed by atoms with Gasteiger partial charge in [0.1, 0.15) is 0 Å². The molecule has 0 spiro atoms. The fourth-order valence-electron chi connectivity index (χ4n) is 2.41. The molecule has 0 saturated heterocycles. The van der Waals surface area contributed by atoms with E-state index in [1.54, 1.807) is 4.68 Å². The summed E-state index contributed by atoms with van der Waals surface area (Å²) < 4.78 is 40.8. The SMILES string of the molecule is O=c1ccc(C(F)(F)F)cn1CCCc1nnnn1-c1ccccc1. The van der Waals surface area contributed by atoms with Gasteiger partial charge in [0.25, 0.3) is 5.56 Å². The number of hydrogen-bond donors (Lipinski definition) is 0. The van der Waals surface area contributed by atoms with Crippen molar-refractivity contribution >= 4 is 0 Å². The quantitative estimate of drug-likeness (QED) is 0.710. The molecule has 0 fully saturated rings. The molecule has 2 heterocycles. The number of hydrogen-bond acceptors (Lipinski definition) is 4. The van der Waals surface area contributed by atoms with Crippen molar-refractivity contribution in [3.8, 4) is 5.69 Å². The maximum absolute atomic E-state index is 12.7. The van der Waals surface area contributed by atoms with Crippen LogP contribution in [0.1, 0.15) is 17.8 Å². The van der Waals surface area contributed by atoms with Crippen LogP contribution in [0.5, 0.6) is 0 Å². The van der Waals surface area contributed by atoms with Crippen molar-refractivity contribution in [2.45, 2.75) is 25.6 Å². The fourth-order valence-corrected chi connectivity index (χ4v) is 2.41. The summed E-state index contributed by atoms with van der Waals surface area (Å²) in [6.07, 6.45) is -2.80. The third-order valence-corrected chi connectivity index (χ3v) is 3.65. The van der Waals surface area contributed by atoms with Gasteiger partial charge in [0.15, 0.2) is 5.82 Å². The Morgan fingerprint density at radius 1 is 1.04 bits per heavy atom. The summed E-state index contributed by atoms with van der Waals surface area (Å²) in [7, 11) is 0. The maximum atomic E-state index is 12.7. The Hall–Kier alpha value is -2.97. The second kappa shape index (κ2) is 6.88. The Labute approximate surface area is 140 Å². The van der Waals surface area contributed by atoms with Crippen molar-refractivity contribution in [2.75, 3.05) is 0 Å². The minimum atomic E-state index is -4.48. The van der Waals surface area contributed by atoms with E-state index in [2.05, 4.69) is 15.5 Å². The molecule has 0 amide bonds. The first kappa shape index (κ1) is 16.9. The lowest BCUT2D eigenvalue weighted by Gasteiger charge is -2.10. The van der Waals surface area contributed by atoms with Crippen molar-refractivity contribution in [1.29, 1.82) is 0 Å². The van der Waals surface area contributed by atoms with Crippen LogP contribution in [-0.2, 0) is 19.1 Å². The lowest BCUT2D eigenvalue weighted by Crippen LogP contribution is -2.21. The summed E-state index contributed by atoms with van der Waals surface area (Å²) in [5, 5.41) is 11.5. The van der Waals surface area contributed by atoms with E-state index in [0.29, 0.717) is 18.7 Å². The Kier molecular flexibility index (Phi) is 4.64. The maximum Gasteiger partial charge on any atom is 0.417 e. The summed E-state index contributed by atoms with van der Waals surface area (Å²) in [6.45, 7) is 0.143. The number of aryl methyl sites for hydroxylation is 2. The fraction of sp³-hybridized carbons (Fsp3) is 0.250. The molecule has 0 unspecified atom stereocenters. The zero-order valence-corrected chi connectivity index (χ0v) is 13.0. The molecule has 9 heteroatoms. The van der Waals surface area contributed by atoms with Crippen molar-refractivity contribution in [1.82, 2.24) is 24.8 Å². The standard InChI is InChI=1S/C16H14F3N5O/c17-16(18,19)12-8-9-15(25)23(11-12)10-4-7-14-20-21-22-24(14)13-5-2-1-3-6-13/h1-3,5-6,8-9,11H,4,7,10H2. The largest absolute Gasteiger partial charge is 0.417 e. The lowest BCUT2D eigenvalue weighted by molar-refractivity contribution is -0.138. The second-order valence-corrected chi connectivity index (χ2v) is 5.39. The third-order valence-electron chi connectivity index (χ3n) is 3.65. The zero-order valence-electron chi connectivity index (χ0n) is 13.0. The molecule has 130 valence electrons. The summed E-state index contributed by atoms with van der Waals surface area (Å²) >= 11 is 0. The molecular formula is C16H14F3N5O. The van der Waals surface area contributed by atoms with Gasteiger partial charge in [-0.05, 0) is 35.0 Å². The zero-order chi connectivity index (χ0) is 17.9.